The number of thiazole rings is 1. The summed E-state index contributed by atoms with van der Waals surface area (Å²) in [5, 5.41) is 10.3. The maximum Gasteiger partial charge on any atom is 0.185 e. The van der Waals surface area contributed by atoms with Crippen molar-refractivity contribution < 1.29 is 5.11 Å². The Hall–Kier alpha value is -0.610. The Labute approximate surface area is 101 Å². The third kappa shape index (κ3) is 2.55. The van der Waals surface area contributed by atoms with Crippen LogP contribution in [-0.4, -0.2) is 23.2 Å². The molecule has 1 aliphatic rings. The van der Waals surface area contributed by atoms with Gasteiger partial charge in [0.05, 0.1) is 17.2 Å². The fourth-order valence-corrected chi connectivity index (χ4v) is 3.12. The van der Waals surface area contributed by atoms with Gasteiger partial charge < -0.3 is 10.0 Å². The summed E-state index contributed by atoms with van der Waals surface area (Å²) in [5.41, 5.74) is 0.986. The van der Waals surface area contributed by atoms with Crippen LogP contribution in [-0.2, 0) is 6.61 Å². The van der Waals surface area contributed by atoms with Crippen molar-refractivity contribution in [3.63, 3.8) is 0 Å². The minimum absolute atomic E-state index is 0.119. The van der Waals surface area contributed by atoms with Crippen molar-refractivity contribution in [1.82, 2.24) is 4.98 Å². The summed E-state index contributed by atoms with van der Waals surface area (Å²) in [6, 6.07) is 0. The molecule has 16 heavy (non-hydrogen) atoms. The predicted molar refractivity (Wildman–Crippen MR) is 68.0 cm³/mol. The number of aromatic nitrogens is 1. The lowest BCUT2D eigenvalue weighted by Crippen LogP contribution is -2.23. The first-order chi connectivity index (χ1) is 7.70. The Kier molecular flexibility index (Phi) is 3.82. The molecule has 1 aromatic rings. The highest BCUT2D eigenvalue weighted by Crippen LogP contribution is 2.28. The van der Waals surface area contributed by atoms with Crippen LogP contribution in [0.15, 0.2) is 0 Å². The second-order valence-electron chi connectivity index (χ2n) is 4.69. The highest BCUT2D eigenvalue weighted by Gasteiger charge is 2.17. The van der Waals surface area contributed by atoms with Crippen LogP contribution < -0.4 is 4.90 Å². The maximum atomic E-state index is 9.18. The average Bonchev–Trinajstić information content (AvgIpc) is 2.50. The zero-order valence-electron chi connectivity index (χ0n) is 10.1. The van der Waals surface area contributed by atoms with E-state index in [0.717, 1.165) is 34.7 Å². The summed E-state index contributed by atoms with van der Waals surface area (Å²) in [6.45, 7) is 6.65. The van der Waals surface area contributed by atoms with Gasteiger partial charge in [-0.2, -0.15) is 0 Å². The molecule has 0 amide bonds. The van der Waals surface area contributed by atoms with E-state index in [4.69, 9.17) is 0 Å². The summed E-state index contributed by atoms with van der Waals surface area (Å²) >= 11 is 1.64. The van der Waals surface area contributed by atoms with Gasteiger partial charge in [-0.1, -0.05) is 18.3 Å². The molecule has 1 saturated heterocycles. The second kappa shape index (κ2) is 5.15. The third-order valence-corrected chi connectivity index (χ3v) is 4.52. The van der Waals surface area contributed by atoms with Gasteiger partial charge >= 0.3 is 0 Å². The van der Waals surface area contributed by atoms with Gasteiger partial charge in [0.25, 0.3) is 0 Å². The minimum Gasteiger partial charge on any atom is -0.391 e. The molecule has 2 rings (SSSR count). The summed E-state index contributed by atoms with van der Waals surface area (Å²) in [6.07, 6.45) is 3.84. The van der Waals surface area contributed by atoms with Crippen molar-refractivity contribution in [2.24, 2.45) is 5.92 Å². The lowest BCUT2D eigenvalue weighted by molar-refractivity contribution is 0.284. The van der Waals surface area contributed by atoms with Crippen molar-refractivity contribution in [3.05, 3.63) is 10.6 Å². The van der Waals surface area contributed by atoms with Crippen LogP contribution in [0, 0.1) is 12.8 Å². The van der Waals surface area contributed by atoms with Gasteiger partial charge in [0.2, 0.25) is 0 Å². The number of hydrogen-bond donors (Lipinski definition) is 1. The van der Waals surface area contributed by atoms with Crippen molar-refractivity contribution in [1.29, 1.82) is 0 Å². The molecule has 0 saturated carbocycles. The van der Waals surface area contributed by atoms with Crippen LogP contribution in [0.3, 0.4) is 0 Å². The molecular weight excluding hydrogens is 220 g/mol. The highest BCUT2D eigenvalue weighted by molar-refractivity contribution is 7.15. The fraction of sp³-hybridized carbons (Fsp3) is 0.750. The Morgan fingerprint density at radius 3 is 2.94 bits per heavy atom. The molecule has 0 aliphatic carbocycles. The molecule has 0 bridgehead atoms. The average molecular weight is 240 g/mol. The molecule has 90 valence electrons. The van der Waals surface area contributed by atoms with E-state index in [-0.39, 0.29) is 6.61 Å². The molecule has 1 unspecified atom stereocenters. The van der Waals surface area contributed by atoms with E-state index in [2.05, 4.69) is 16.8 Å². The molecule has 0 spiro atoms. The highest BCUT2D eigenvalue weighted by atomic mass is 32.1. The van der Waals surface area contributed by atoms with Crippen LogP contribution in [0.1, 0.15) is 36.8 Å². The number of aliphatic hydroxyl groups excluding tert-OH is 1. The number of nitrogens with zero attached hydrogens (tertiary/aromatic N) is 2. The molecular formula is C12H20N2OS. The Bertz CT molecular complexity index is 351. The van der Waals surface area contributed by atoms with Crippen LogP contribution in [0.2, 0.25) is 0 Å². The van der Waals surface area contributed by atoms with Crippen molar-refractivity contribution in [2.45, 2.75) is 39.7 Å². The topological polar surface area (TPSA) is 36.4 Å². The van der Waals surface area contributed by atoms with Gasteiger partial charge in [-0.15, -0.1) is 0 Å². The van der Waals surface area contributed by atoms with Crippen molar-refractivity contribution in [3.8, 4) is 0 Å². The SMILES string of the molecule is Cc1nc(N2CCCC(C)CC2)sc1CO. The van der Waals surface area contributed by atoms with Crippen molar-refractivity contribution in [2.75, 3.05) is 18.0 Å². The standard InChI is InChI=1S/C12H20N2OS/c1-9-4-3-6-14(7-5-9)12-13-10(2)11(8-15)16-12/h9,15H,3-8H2,1-2H3. The molecule has 1 aromatic heterocycles. The lowest BCUT2D eigenvalue weighted by Gasteiger charge is -2.18. The quantitative estimate of drug-likeness (QED) is 0.863. The van der Waals surface area contributed by atoms with Gasteiger partial charge in [0.15, 0.2) is 5.13 Å². The Balaban J connectivity index is 2.10. The van der Waals surface area contributed by atoms with Gasteiger partial charge in [-0.25, -0.2) is 4.98 Å². The fourth-order valence-electron chi connectivity index (χ4n) is 2.15. The molecule has 1 fully saturated rings. The summed E-state index contributed by atoms with van der Waals surface area (Å²) in [7, 11) is 0. The van der Waals surface area contributed by atoms with E-state index >= 15 is 0 Å². The second-order valence-corrected chi connectivity index (χ2v) is 5.75. The zero-order chi connectivity index (χ0) is 11.5. The normalized spacial score (nSPS) is 22.2. The molecule has 4 heteroatoms. The number of rotatable bonds is 2. The first-order valence-electron chi connectivity index (χ1n) is 6.03. The molecule has 1 atom stereocenters. The maximum absolute atomic E-state index is 9.18. The smallest absolute Gasteiger partial charge is 0.185 e. The summed E-state index contributed by atoms with van der Waals surface area (Å²) < 4.78 is 0. The molecule has 0 aromatic carbocycles. The van der Waals surface area contributed by atoms with Gasteiger partial charge in [0.1, 0.15) is 0 Å². The monoisotopic (exact) mass is 240 g/mol. The lowest BCUT2D eigenvalue weighted by atomic mass is 10.0. The Morgan fingerprint density at radius 1 is 1.44 bits per heavy atom. The van der Waals surface area contributed by atoms with E-state index < -0.39 is 0 Å². The number of hydrogen-bond acceptors (Lipinski definition) is 4. The molecule has 3 nitrogen and oxygen atoms in total. The number of anilines is 1. The van der Waals surface area contributed by atoms with Gasteiger partial charge in [0, 0.05) is 13.1 Å². The molecule has 0 radical (unpaired) electrons. The number of aryl methyl sites for hydroxylation is 1. The zero-order valence-corrected chi connectivity index (χ0v) is 10.9. The van der Waals surface area contributed by atoms with E-state index in [1.54, 1.807) is 11.3 Å². The van der Waals surface area contributed by atoms with E-state index in [1.165, 1.54) is 19.3 Å². The third-order valence-electron chi connectivity index (χ3n) is 3.31. The number of aliphatic hydroxyl groups is 1. The molecule has 1 aliphatic heterocycles. The molecule has 2 heterocycles. The van der Waals surface area contributed by atoms with E-state index in [0.29, 0.717) is 0 Å². The molecule has 1 N–H and O–H groups in total. The van der Waals surface area contributed by atoms with Crippen LogP contribution in [0.5, 0.6) is 0 Å². The van der Waals surface area contributed by atoms with Gasteiger partial charge in [-0.05, 0) is 32.1 Å². The summed E-state index contributed by atoms with van der Waals surface area (Å²) in [5.74, 6) is 0.836. The van der Waals surface area contributed by atoms with Crippen LogP contribution >= 0.6 is 11.3 Å². The minimum atomic E-state index is 0.119. The van der Waals surface area contributed by atoms with Crippen molar-refractivity contribution >= 4 is 16.5 Å². The largest absolute Gasteiger partial charge is 0.391 e. The first-order valence-corrected chi connectivity index (χ1v) is 6.84. The van der Waals surface area contributed by atoms with Gasteiger partial charge in [-0.3, -0.25) is 0 Å². The van der Waals surface area contributed by atoms with E-state index in [9.17, 15) is 5.11 Å². The van der Waals surface area contributed by atoms with Crippen LogP contribution in [0.4, 0.5) is 5.13 Å². The summed E-state index contributed by atoms with van der Waals surface area (Å²) in [4.78, 5) is 7.94. The van der Waals surface area contributed by atoms with Crippen LogP contribution in [0.25, 0.3) is 0 Å². The first kappa shape index (κ1) is 11.9. The van der Waals surface area contributed by atoms with E-state index in [1.807, 2.05) is 6.92 Å². The predicted octanol–water partition coefficient (Wildman–Crippen LogP) is 2.57. The Morgan fingerprint density at radius 2 is 2.25 bits per heavy atom.